The average Bonchev–Trinajstić information content (AvgIpc) is 2.71. The van der Waals surface area contributed by atoms with Crippen LogP contribution in [0.1, 0.15) is 32.4 Å². The van der Waals surface area contributed by atoms with Gasteiger partial charge in [-0.25, -0.2) is 0 Å². The molecule has 1 N–H and O–H groups in total. The second-order valence-corrected chi connectivity index (χ2v) is 6.13. The molecule has 0 saturated carbocycles. The van der Waals surface area contributed by atoms with Crippen molar-refractivity contribution in [2.75, 3.05) is 0 Å². The molecule has 1 aliphatic rings. The van der Waals surface area contributed by atoms with Gasteiger partial charge in [0.25, 0.3) is 5.91 Å². The van der Waals surface area contributed by atoms with Gasteiger partial charge in [-0.05, 0) is 29.8 Å². The van der Waals surface area contributed by atoms with Crippen molar-refractivity contribution >= 4 is 11.7 Å². The maximum Gasteiger partial charge on any atom is 0.252 e. The lowest BCUT2D eigenvalue weighted by Crippen LogP contribution is -2.49. The molecule has 1 amide bonds. The second kappa shape index (κ2) is 6.84. The zero-order valence-corrected chi connectivity index (χ0v) is 14.0. The van der Waals surface area contributed by atoms with E-state index in [1.165, 1.54) is 0 Å². The third-order valence-corrected chi connectivity index (χ3v) is 4.44. The molecule has 3 aromatic rings. The third-order valence-electron chi connectivity index (χ3n) is 4.44. The summed E-state index contributed by atoms with van der Waals surface area (Å²) in [6.45, 7) is 0. The maximum atomic E-state index is 13.1. The summed E-state index contributed by atoms with van der Waals surface area (Å²) in [7, 11) is 0. The standard InChI is InChI=1S/C22H17NO3/c24-20-17-13-7-8-14-18(17)26-21(15-9-3-1-4-10-15)19(20)23-22(25)16-11-5-2-6-12-16/h1-14,19,21H,(H,23,25)/t19-,21-/m1/s1. The van der Waals surface area contributed by atoms with Crippen LogP contribution in [0.4, 0.5) is 0 Å². The lowest BCUT2D eigenvalue weighted by Gasteiger charge is -2.33. The maximum absolute atomic E-state index is 13.1. The number of ether oxygens (including phenoxy) is 1. The highest BCUT2D eigenvalue weighted by Gasteiger charge is 2.39. The van der Waals surface area contributed by atoms with Crippen LogP contribution in [0.5, 0.6) is 5.75 Å². The zero-order chi connectivity index (χ0) is 17.9. The van der Waals surface area contributed by atoms with Crippen molar-refractivity contribution in [2.45, 2.75) is 12.1 Å². The van der Waals surface area contributed by atoms with Crippen LogP contribution in [-0.2, 0) is 0 Å². The first kappa shape index (κ1) is 16.1. The molecule has 1 aliphatic heterocycles. The van der Waals surface area contributed by atoms with E-state index < -0.39 is 12.1 Å². The van der Waals surface area contributed by atoms with E-state index in [0.717, 1.165) is 5.56 Å². The van der Waals surface area contributed by atoms with E-state index in [-0.39, 0.29) is 11.7 Å². The number of Topliss-reactive ketones (excluding diaryl/α,β-unsaturated/α-hetero) is 1. The molecule has 0 fully saturated rings. The summed E-state index contributed by atoms with van der Waals surface area (Å²) in [6.07, 6.45) is -0.578. The van der Waals surface area contributed by atoms with Gasteiger partial charge in [-0.15, -0.1) is 0 Å². The molecule has 0 saturated heterocycles. The van der Waals surface area contributed by atoms with E-state index in [2.05, 4.69) is 5.32 Å². The fourth-order valence-corrected chi connectivity index (χ4v) is 3.14. The van der Waals surface area contributed by atoms with Gasteiger partial charge in [-0.3, -0.25) is 9.59 Å². The largest absolute Gasteiger partial charge is 0.482 e. The molecule has 3 aromatic carbocycles. The Hall–Kier alpha value is -3.40. The molecule has 1 heterocycles. The van der Waals surface area contributed by atoms with Crippen LogP contribution in [0.15, 0.2) is 84.9 Å². The lowest BCUT2D eigenvalue weighted by molar-refractivity contribution is 0.0673. The fourth-order valence-electron chi connectivity index (χ4n) is 3.14. The number of para-hydroxylation sites is 1. The molecule has 128 valence electrons. The SMILES string of the molecule is O=C(N[C@@H]1C(=O)c2ccccc2O[C@@H]1c1ccccc1)c1ccccc1. The summed E-state index contributed by atoms with van der Waals surface area (Å²) in [5.41, 5.74) is 1.83. The Morgan fingerprint density at radius 3 is 2.15 bits per heavy atom. The monoisotopic (exact) mass is 343 g/mol. The highest BCUT2D eigenvalue weighted by Crippen LogP contribution is 2.35. The minimum absolute atomic E-state index is 0.148. The van der Waals surface area contributed by atoms with Gasteiger partial charge in [0.05, 0.1) is 5.56 Å². The second-order valence-electron chi connectivity index (χ2n) is 6.13. The van der Waals surface area contributed by atoms with Crippen molar-refractivity contribution < 1.29 is 14.3 Å². The van der Waals surface area contributed by atoms with E-state index in [1.807, 2.05) is 42.5 Å². The molecule has 0 radical (unpaired) electrons. The Balaban J connectivity index is 1.71. The number of nitrogens with one attached hydrogen (secondary N) is 1. The van der Waals surface area contributed by atoms with Gasteiger partial charge in [-0.1, -0.05) is 60.7 Å². The number of carbonyl (C=O) groups is 2. The smallest absolute Gasteiger partial charge is 0.252 e. The number of hydrogen-bond acceptors (Lipinski definition) is 3. The average molecular weight is 343 g/mol. The van der Waals surface area contributed by atoms with Crippen LogP contribution >= 0.6 is 0 Å². The predicted octanol–water partition coefficient (Wildman–Crippen LogP) is 3.80. The first-order valence-electron chi connectivity index (χ1n) is 8.45. The summed E-state index contributed by atoms with van der Waals surface area (Å²) >= 11 is 0. The number of amides is 1. The molecular weight excluding hydrogens is 326 g/mol. The topological polar surface area (TPSA) is 55.4 Å². The first-order valence-corrected chi connectivity index (χ1v) is 8.45. The van der Waals surface area contributed by atoms with E-state index in [1.54, 1.807) is 42.5 Å². The Kier molecular flexibility index (Phi) is 4.23. The van der Waals surface area contributed by atoms with Gasteiger partial charge in [0.2, 0.25) is 0 Å². The van der Waals surface area contributed by atoms with Gasteiger partial charge in [0, 0.05) is 5.56 Å². The normalized spacial score (nSPS) is 18.5. The van der Waals surface area contributed by atoms with Crippen molar-refractivity contribution in [3.8, 4) is 5.75 Å². The molecule has 0 unspecified atom stereocenters. The van der Waals surface area contributed by atoms with Crippen molar-refractivity contribution in [1.29, 1.82) is 0 Å². The van der Waals surface area contributed by atoms with Gasteiger partial charge < -0.3 is 10.1 Å². The van der Waals surface area contributed by atoms with Crippen molar-refractivity contribution in [3.63, 3.8) is 0 Å². The predicted molar refractivity (Wildman–Crippen MR) is 98.3 cm³/mol. The number of hydrogen-bond donors (Lipinski definition) is 1. The zero-order valence-electron chi connectivity index (χ0n) is 14.0. The molecule has 4 rings (SSSR count). The van der Waals surface area contributed by atoms with Gasteiger partial charge in [0.1, 0.15) is 11.8 Å². The Bertz CT molecular complexity index is 938. The van der Waals surface area contributed by atoms with Crippen LogP contribution in [0.25, 0.3) is 0 Å². The van der Waals surface area contributed by atoms with Crippen LogP contribution in [-0.4, -0.2) is 17.7 Å². The summed E-state index contributed by atoms with van der Waals surface area (Å²) in [6, 6.07) is 24.7. The number of ketones is 1. The molecule has 0 aromatic heterocycles. The summed E-state index contributed by atoms with van der Waals surface area (Å²) in [4.78, 5) is 25.7. The molecule has 2 atom stereocenters. The Morgan fingerprint density at radius 2 is 1.42 bits per heavy atom. The highest BCUT2D eigenvalue weighted by molar-refractivity contribution is 6.07. The van der Waals surface area contributed by atoms with Crippen molar-refractivity contribution in [3.05, 3.63) is 102 Å². The number of benzene rings is 3. The van der Waals surface area contributed by atoms with Crippen LogP contribution in [0.3, 0.4) is 0 Å². The minimum Gasteiger partial charge on any atom is -0.482 e. The quantitative estimate of drug-likeness (QED) is 0.787. The highest BCUT2D eigenvalue weighted by atomic mass is 16.5. The van der Waals surface area contributed by atoms with Gasteiger partial charge in [0.15, 0.2) is 11.9 Å². The molecule has 0 aliphatic carbocycles. The minimum atomic E-state index is -0.792. The summed E-state index contributed by atoms with van der Waals surface area (Å²) in [5, 5.41) is 2.86. The molecule has 4 heteroatoms. The third kappa shape index (κ3) is 2.97. The lowest BCUT2D eigenvalue weighted by atomic mass is 9.91. The number of fused-ring (bicyclic) bond motifs is 1. The van der Waals surface area contributed by atoms with Gasteiger partial charge >= 0.3 is 0 Å². The first-order chi connectivity index (χ1) is 12.7. The number of rotatable bonds is 3. The molecule has 4 nitrogen and oxygen atoms in total. The van der Waals surface area contributed by atoms with E-state index in [9.17, 15) is 9.59 Å². The molecule has 26 heavy (non-hydrogen) atoms. The van der Waals surface area contributed by atoms with Crippen LogP contribution in [0.2, 0.25) is 0 Å². The fraction of sp³-hybridized carbons (Fsp3) is 0.0909. The Morgan fingerprint density at radius 1 is 0.808 bits per heavy atom. The van der Waals surface area contributed by atoms with Crippen LogP contribution < -0.4 is 10.1 Å². The number of carbonyl (C=O) groups excluding carboxylic acids is 2. The van der Waals surface area contributed by atoms with E-state index in [4.69, 9.17) is 4.74 Å². The Labute approximate surface area is 151 Å². The summed E-state index contributed by atoms with van der Waals surface area (Å²) < 4.78 is 6.10. The molecule has 0 spiro atoms. The summed E-state index contributed by atoms with van der Waals surface area (Å²) in [5.74, 6) is 0.0920. The molecular formula is C22H17NO3. The van der Waals surface area contributed by atoms with E-state index >= 15 is 0 Å². The van der Waals surface area contributed by atoms with Crippen molar-refractivity contribution in [1.82, 2.24) is 5.32 Å². The van der Waals surface area contributed by atoms with Crippen LogP contribution in [0, 0.1) is 0 Å². The van der Waals surface area contributed by atoms with Gasteiger partial charge in [-0.2, -0.15) is 0 Å². The molecule has 0 bridgehead atoms. The van der Waals surface area contributed by atoms with Crippen molar-refractivity contribution in [2.24, 2.45) is 0 Å². The van der Waals surface area contributed by atoms with E-state index in [0.29, 0.717) is 16.9 Å².